The summed E-state index contributed by atoms with van der Waals surface area (Å²) in [4.78, 5) is 2.56. The van der Waals surface area contributed by atoms with Crippen LogP contribution in [0.15, 0.2) is 18.2 Å². The molecular formula is C17H28N2S. The highest BCUT2D eigenvalue weighted by atomic mass is 32.2. The van der Waals surface area contributed by atoms with Crippen molar-refractivity contribution in [1.82, 2.24) is 0 Å². The van der Waals surface area contributed by atoms with Crippen LogP contribution >= 0.6 is 11.8 Å². The molecule has 1 heterocycles. The van der Waals surface area contributed by atoms with E-state index in [0.29, 0.717) is 0 Å². The maximum atomic E-state index is 6.06. The first-order chi connectivity index (χ1) is 9.63. The van der Waals surface area contributed by atoms with Gasteiger partial charge in [-0.25, -0.2) is 0 Å². The van der Waals surface area contributed by atoms with Crippen LogP contribution in [-0.2, 0) is 6.42 Å². The lowest BCUT2D eigenvalue weighted by molar-refractivity contribution is 0.646. The van der Waals surface area contributed by atoms with Crippen molar-refractivity contribution in [1.29, 1.82) is 0 Å². The minimum Gasteiger partial charge on any atom is -0.369 e. The monoisotopic (exact) mass is 292 g/mol. The standard InChI is InChI=1S/C17H28N2S/c1-4-15(18)11-14-6-7-17(13(3)10-14)19-8-9-20-16(5-2)12-19/h6-7,10,15-16H,4-5,8-9,11-12,18H2,1-3H3. The van der Waals surface area contributed by atoms with Gasteiger partial charge in [-0.05, 0) is 43.4 Å². The van der Waals surface area contributed by atoms with Gasteiger partial charge in [0, 0.05) is 35.8 Å². The van der Waals surface area contributed by atoms with E-state index in [1.54, 1.807) is 0 Å². The lowest BCUT2D eigenvalue weighted by Gasteiger charge is -2.34. The number of nitrogens with zero attached hydrogens (tertiary/aromatic N) is 1. The molecule has 1 saturated heterocycles. The van der Waals surface area contributed by atoms with Gasteiger partial charge in [-0.15, -0.1) is 0 Å². The van der Waals surface area contributed by atoms with Crippen LogP contribution < -0.4 is 10.6 Å². The van der Waals surface area contributed by atoms with Crippen LogP contribution in [0.25, 0.3) is 0 Å². The molecule has 20 heavy (non-hydrogen) atoms. The summed E-state index contributed by atoms with van der Waals surface area (Å²) in [5.41, 5.74) is 10.2. The van der Waals surface area contributed by atoms with Gasteiger partial charge in [0.25, 0.3) is 0 Å². The minimum absolute atomic E-state index is 0.288. The molecule has 2 rings (SSSR count). The summed E-state index contributed by atoms with van der Waals surface area (Å²) in [6.45, 7) is 9.05. The van der Waals surface area contributed by atoms with Gasteiger partial charge < -0.3 is 10.6 Å². The number of anilines is 1. The SMILES string of the molecule is CCC(N)Cc1ccc(N2CCSC(CC)C2)c(C)c1. The first kappa shape index (κ1) is 15.7. The number of nitrogens with two attached hydrogens (primary N) is 1. The molecule has 1 aliphatic rings. The normalized spacial score (nSPS) is 21.0. The van der Waals surface area contributed by atoms with Crippen LogP contribution in [0, 0.1) is 6.92 Å². The first-order valence-corrected chi connectivity index (χ1v) is 8.90. The number of thioether (sulfide) groups is 1. The molecule has 0 aromatic heterocycles. The Morgan fingerprint density at radius 2 is 2.20 bits per heavy atom. The molecule has 2 unspecified atom stereocenters. The molecule has 112 valence electrons. The van der Waals surface area contributed by atoms with Crippen LogP contribution in [0.4, 0.5) is 5.69 Å². The van der Waals surface area contributed by atoms with Crippen molar-refractivity contribution in [3.8, 4) is 0 Å². The fourth-order valence-electron chi connectivity index (χ4n) is 2.83. The van der Waals surface area contributed by atoms with Crippen molar-refractivity contribution < 1.29 is 0 Å². The lowest BCUT2D eigenvalue weighted by atomic mass is 10.0. The average Bonchev–Trinajstić information content (AvgIpc) is 2.47. The van der Waals surface area contributed by atoms with Crippen molar-refractivity contribution in [2.75, 3.05) is 23.7 Å². The molecule has 0 spiro atoms. The van der Waals surface area contributed by atoms with Gasteiger partial charge in [0.1, 0.15) is 0 Å². The molecule has 2 atom stereocenters. The van der Waals surface area contributed by atoms with Gasteiger partial charge in [-0.3, -0.25) is 0 Å². The Morgan fingerprint density at radius 3 is 2.85 bits per heavy atom. The molecular weight excluding hydrogens is 264 g/mol. The Balaban J connectivity index is 2.09. The number of rotatable bonds is 5. The van der Waals surface area contributed by atoms with E-state index in [1.807, 2.05) is 0 Å². The maximum absolute atomic E-state index is 6.06. The van der Waals surface area contributed by atoms with Gasteiger partial charge in [-0.1, -0.05) is 26.0 Å². The summed E-state index contributed by atoms with van der Waals surface area (Å²) < 4.78 is 0. The Labute approximate surface area is 128 Å². The summed E-state index contributed by atoms with van der Waals surface area (Å²) in [5, 5.41) is 0.788. The Morgan fingerprint density at radius 1 is 1.40 bits per heavy atom. The summed E-state index contributed by atoms with van der Waals surface area (Å²) in [7, 11) is 0. The van der Waals surface area contributed by atoms with Crippen molar-refractivity contribution in [3.05, 3.63) is 29.3 Å². The average molecular weight is 292 g/mol. The van der Waals surface area contributed by atoms with Crippen molar-refractivity contribution in [2.24, 2.45) is 5.73 Å². The zero-order valence-electron chi connectivity index (χ0n) is 13.1. The summed E-state index contributed by atoms with van der Waals surface area (Å²) in [6, 6.07) is 7.18. The van der Waals surface area contributed by atoms with Gasteiger partial charge in [0.05, 0.1) is 0 Å². The third-order valence-electron chi connectivity index (χ3n) is 4.22. The molecule has 1 aromatic rings. The molecule has 1 aromatic carbocycles. The molecule has 2 N–H and O–H groups in total. The Kier molecular flexibility index (Phi) is 5.79. The third kappa shape index (κ3) is 3.92. The fourth-order valence-corrected chi connectivity index (χ4v) is 4.01. The molecule has 0 radical (unpaired) electrons. The van der Waals surface area contributed by atoms with Crippen LogP contribution in [-0.4, -0.2) is 30.1 Å². The third-order valence-corrected chi connectivity index (χ3v) is 5.59. The zero-order chi connectivity index (χ0) is 14.5. The number of aryl methyl sites for hydroxylation is 1. The minimum atomic E-state index is 0.288. The fraction of sp³-hybridized carbons (Fsp3) is 0.647. The Bertz CT molecular complexity index is 433. The van der Waals surface area contributed by atoms with Gasteiger partial charge >= 0.3 is 0 Å². The predicted molar refractivity (Wildman–Crippen MR) is 91.9 cm³/mol. The molecule has 0 saturated carbocycles. The van der Waals surface area contributed by atoms with Crippen LogP contribution in [0.3, 0.4) is 0 Å². The van der Waals surface area contributed by atoms with E-state index in [0.717, 1.165) is 18.1 Å². The molecule has 1 fully saturated rings. The van der Waals surface area contributed by atoms with E-state index in [4.69, 9.17) is 5.73 Å². The largest absolute Gasteiger partial charge is 0.369 e. The van der Waals surface area contributed by atoms with Gasteiger partial charge in [0.2, 0.25) is 0 Å². The van der Waals surface area contributed by atoms with Crippen LogP contribution in [0.1, 0.15) is 37.8 Å². The number of hydrogen-bond acceptors (Lipinski definition) is 3. The molecule has 3 heteroatoms. The maximum Gasteiger partial charge on any atom is 0.0396 e. The highest BCUT2D eigenvalue weighted by Crippen LogP contribution is 2.28. The Hall–Kier alpha value is -0.670. The summed E-state index contributed by atoms with van der Waals surface area (Å²) in [5.74, 6) is 1.25. The van der Waals surface area contributed by atoms with E-state index in [9.17, 15) is 0 Å². The molecule has 2 nitrogen and oxygen atoms in total. The van der Waals surface area contributed by atoms with E-state index >= 15 is 0 Å². The number of hydrogen-bond donors (Lipinski definition) is 1. The van der Waals surface area contributed by atoms with Gasteiger partial charge in [-0.2, -0.15) is 11.8 Å². The van der Waals surface area contributed by atoms with E-state index in [2.05, 4.69) is 55.6 Å². The smallest absolute Gasteiger partial charge is 0.0396 e. The summed E-state index contributed by atoms with van der Waals surface area (Å²) >= 11 is 2.12. The highest BCUT2D eigenvalue weighted by molar-refractivity contribution is 8.00. The quantitative estimate of drug-likeness (QED) is 0.899. The lowest BCUT2D eigenvalue weighted by Crippen LogP contribution is -2.38. The second kappa shape index (κ2) is 7.37. The molecule has 1 aliphatic heterocycles. The van der Waals surface area contributed by atoms with Crippen molar-refractivity contribution >= 4 is 17.4 Å². The predicted octanol–water partition coefficient (Wildman–Crippen LogP) is 3.61. The second-order valence-corrected chi connectivity index (χ2v) is 7.25. The van der Waals surface area contributed by atoms with Crippen molar-refractivity contribution in [3.63, 3.8) is 0 Å². The van der Waals surface area contributed by atoms with Crippen molar-refractivity contribution in [2.45, 2.75) is 51.3 Å². The van der Waals surface area contributed by atoms with E-state index < -0.39 is 0 Å². The number of benzene rings is 1. The van der Waals surface area contributed by atoms with Crippen LogP contribution in [0.5, 0.6) is 0 Å². The topological polar surface area (TPSA) is 29.3 Å². The highest BCUT2D eigenvalue weighted by Gasteiger charge is 2.20. The van der Waals surface area contributed by atoms with E-state index in [1.165, 1.54) is 42.1 Å². The second-order valence-electron chi connectivity index (χ2n) is 5.84. The molecule has 0 aliphatic carbocycles. The zero-order valence-corrected chi connectivity index (χ0v) is 13.9. The van der Waals surface area contributed by atoms with Crippen LogP contribution in [0.2, 0.25) is 0 Å². The molecule has 0 amide bonds. The van der Waals surface area contributed by atoms with E-state index in [-0.39, 0.29) is 6.04 Å². The van der Waals surface area contributed by atoms with Gasteiger partial charge in [0.15, 0.2) is 0 Å². The first-order valence-electron chi connectivity index (χ1n) is 7.85. The molecule has 0 bridgehead atoms. The summed E-state index contributed by atoms with van der Waals surface area (Å²) in [6.07, 6.45) is 3.30.